The Balaban J connectivity index is 1.61. The molecule has 4 heterocycles. The molecule has 3 aromatic heterocycles. The number of aromatic carboxylic acids is 1. The second-order valence-electron chi connectivity index (χ2n) is 8.51. The predicted molar refractivity (Wildman–Crippen MR) is 113 cm³/mol. The van der Waals surface area contributed by atoms with Gasteiger partial charge in [-0.1, -0.05) is 0 Å². The van der Waals surface area contributed by atoms with Gasteiger partial charge in [-0.15, -0.1) is 0 Å². The molecular formula is C21H22FN7O3. The molecule has 3 aromatic rings. The van der Waals surface area contributed by atoms with Crippen LogP contribution in [0.2, 0.25) is 0 Å². The average Bonchev–Trinajstić information content (AvgIpc) is 3.31. The number of carboxylic acids is 1. The Kier molecular flexibility index (Phi) is 4.59. The Morgan fingerprint density at radius 1 is 1.38 bits per heavy atom. The van der Waals surface area contributed by atoms with Gasteiger partial charge in [0.2, 0.25) is 0 Å². The van der Waals surface area contributed by atoms with Gasteiger partial charge in [-0.05, 0) is 32.6 Å². The number of anilines is 2. The van der Waals surface area contributed by atoms with Crippen LogP contribution in [-0.4, -0.2) is 49.2 Å². The molecule has 3 N–H and O–H groups in total. The highest BCUT2D eigenvalue weighted by molar-refractivity contribution is 6.04. The number of pyridine rings is 1. The van der Waals surface area contributed by atoms with E-state index in [0.717, 1.165) is 19.0 Å². The normalized spacial score (nSPS) is 18.0. The van der Waals surface area contributed by atoms with Crippen LogP contribution in [0.25, 0.3) is 5.65 Å². The zero-order chi connectivity index (χ0) is 22.6. The number of nitrogens with two attached hydrogens (primary N) is 1. The Hall–Kier alpha value is -3.60. The number of nitrogens with zero attached hydrogens (tertiary/aromatic N) is 6. The van der Waals surface area contributed by atoms with Crippen LogP contribution < -0.4 is 15.8 Å². The van der Waals surface area contributed by atoms with E-state index < -0.39 is 17.2 Å². The van der Waals surface area contributed by atoms with Crippen molar-refractivity contribution in [2.75, 3.05) is 16.6 Å². The summed E-state index contributed by atoms with van der Waals surface area (Å²) in [5.41, 5.74) is 6.52. The van der Waals surface area contributed by atoms with E-state index in [2.05, 4.69) is 15.1 Å². The maximum Gasteiger partial charge on any atom is 0.341 e. The molecule has 2 fully saturated rings. The predicted octanol–water partition coefficient (Wildman–Crippen LogP) is 1.79. The molecular weight excluding hydrogens is 417 g/mol. The van der Waals surface area contributed by atoms with Gasteiger partial charge in [0.1, 0.15) is 11.4 Å². The number of carbonyl (C=O) groups is 2. The molecule has 1 aliphatic carbocycles. The van der Waals surface area contributed by atoms with Gasteiger partial charge < -0.3 is 10.8 Å². The zero-order valence-electron chi connectivity index (χ0n) is 17.4. The summed E-state index contributed by atoms with van der Waals surface area (Å²) in [7, 11) is 0. The van der Waals surface area contributed by atoms with Gasteiger partial charge >= 0.3 is 5.97 Å². The largest absolute Gasteiger partial charge is 0.477 e. The molecule has 1 amide bonds. The number of aryl methyl sites for hydroxylation is 1. The zero-order valence-corrected chi connectivity index (χ0v) is 17.4. The molecule has 1 saturated heterocycles. The van der Waals surface area contributed by atoms with Crippen molar-refractivity contribution in [3.8, 4) is 0 Å². The molecule has 32 heavy (non-hydrogen) atoms. The summed E-state index contributed by atoms with van der Waals surface area (Å²) >= 11 is 0. The number of carboxylic acid groups (broad SMARTS) is 1. The van der Waals surface area contributed by atoms with Crippen molar-refractivity contribution in [1.82, 2.24) is 19.6 Å². The van der Waals surface area contributed by atoms with Crippen LogP contribution in [0, 0.1) is 11.2 Å². The topological polar surface area (TPSA) is 130 Å². The first-order valence-electron chi connectivity index (χ1n) is 10.4. The second-order valence-corrected chi connectivity index (χ2v) is 8.51. The maximum absolute atomic E-state index is 14.2. The van der Waals surface area contributed by atoms with E-state index in [1.165, 1.54) is 21.8 Å². The van der Waals surface area contributed by atoms with E-state index in [4.69, 9.17) is 5.73 Å². The van der Waals surface area contributed by atoms with Gasteiger partial charge in [-0.25, -0.2) is 23.7 Å². The van der Waals surface area contributed by atoms with Gasteiger partial charge in [0.15, 0.2) is 11.5 Å². The molecule has 0 aromatic carbocycles. The molecule has 166 valence electrons. The van der Waals surface area contributed by atoms with Crippen LogP contribution in [0.4, 0.5) is 15.9 Å². The fourth-order valence-corrected chi connectivity index (χ4v) is 4.07. The quantitative estimate of drug-likeness (QED) is 0.595. The Morgan fingerprint density at radius 2 is 2.16 bits per heavy atom. The van der Waals surface area contributed by atoms with Crippen molar-refractivity contribution in [2.24, 2.45) is 11.1 Å². The lowest BCUT2D eigenvalue weighted by Gasteiger charge is -2.30. The van der Waals surface area contributed by atoms with Gasteiger partial charge in [-0.2, -0.15) is 5.10 Å². The fraction of sp³-hybridized carbons (Fsp3) is 0.381. The highest BCUT2D eigenvalue weighted by Gasteiger charge is 2.60. The SMILES string of the molecule is C[C@@H](N)CCc1ncc(F)cc1N1CC2(CC2)C(=O)N1c1ccn2ncc(C(=O)O)c2n1. The van der Waals surface area contributed by atoms with Crippen molar-refractivity contribution in [1.29, 1.82) is 0 Å². The van der Waals surface area contributed by atoms with Crippen LogP contribution in [0.15, 0.2) is 30.7 Å². The van der Waals surface area contributed by atoms with Crippen LogP contribution in [0.3, 0.4) is 0 Å². The molecule has 0 bridgehead atoms. The summed E-state index contributed by atoms with van der Waals surface area (Å²) in [5, 5.41) is 16.5. The monoisotopic (exact) mass is 439 g/mol. The van der Waals surface area contributed by atoms with Crippen LogP contribution in [0.5, 0.6) is 0 Å². The van der Waals surface area contributed by atoms with E-state index in [-0.39, 0.29) is 29.0 Å². The summed E-state index contributed by atoms with van der Waals surface area (Å²) < 4.78 is 15.6. The Labute approximate surface area is 182 Å². The van der Waals surface area contributed by atoms with Crippen LogP contribution >= 0.6 is 0 Å². The van der Waals surface area contributed by atoms with E-state index in [9.17, 15) is 19.1 Å². The van der Waals surface area contributed by atoms with Gasteiger partial charge in [-0.3, -0.25) is 14.8 Å². The third-order valence-electron chi connectivity index (χ3n) is 6.02. The molecule has 0 unspecified atom stereocenters. The molecule has 0 radical (unpaired) electrons. The number of fused-ring (bicyclic) bond motifs is 1. The van der Waals surface area contributed by atoms with Crippen molar-refractivity contribution in [2.45, 2.75) is 38.6 Å². The van der Waals surface area contributed by atoms with Crippen molar-refractivity contribution < 1.29 is 19.1 Å². The summed E-state index contributed by atoms with van der Waals surface area (Å²) in [4.78, 5) is 33.6. The van der Waals surface area contributed by atoms with Gasteiger partial charge in [0.25, 0.3) is 5.91 Å². The lowest BCUT2D eigenvalue weighted by molar-refractivity contribution is -0.121. The molecule has 10 nitrogen and oxygen atoms in total. The maximum atomic E-state index is 14.2. The molecule has 1 aliphatic heterocycles. The standard InChI is InChI=1S/C21H22FN7O3/c1-12(23)2-3-15-16(8-13(22)9-24-15)28-11-21(5-6-21)20(32)29(28)17-4-7-27-18(26-17)14(10-25-27)19(30)31/h4,7-10,12H,2-3,5-6,11,23H2,1H3,(H,30,31)/t12-/m1/s1. The number of hydrogen-bond donors (Lipinski definition) is 2. The molecule has 1 spiro atoms. The van der Waals surface area contributed by atoms with Crippen molar-refractivity contribution in [3.63, 3.8) is 0 Å². The van der Waals surface area contributed by atoms with Gasteiger partial charge in [0.05, 0.1) is 35.7 Å². The molecule has 5 rings (SSSR count). The first-order chi connectivity index (χ1) is 15.3. The molecule has 2 aliphatic rings. The number of aromatic nitrogens is 4. The highest BCUT2D eigenvalue weighted by Crippen LogP contribution is 2.53. The van der Waals surface area contributed by atoms with E-state index in [0.29, 0.717) is 30.8 Å². The minimum atomic E-state index is -1.17. The Morgan fingerprint density at radius 3 is 2.84 bits per heavy atom. The number of rotatable bonds is 6. The van der Waals surface area contributed by atoms with Crippen molar-refractivity contribution in [3.05, 3.63) is 47.8 Å². The number of hydrazine groups is 1. The van der Waals surface area contributed by atoms with Crippen molar-refractivity contribution >= 4 is 29.0 Å². The molecule has 1 atom stereocenters. The minimum Gasteiger partial charge on any atom is -0.477 e. The number of amides is 1. The molecule has 1 saturated carbocycles. The first kappa shape index (κ1) is 20.3. The summed E-state index contributed by atoms with van der Waals surface area (Å²) in [6.45, 7) is 2.26. The summed E-state index contributed by atoms with van der Waals surface area (Å²) in [6, 6.07) is 2.90. The average molecular weight is 439 g/mol. The van der Waals surface area contributed by atoms with E-state index in [1.54, 1.807) is 17.3 Å². The lowest BCUT2D eigenvalue weighted by atomic mass is 10.1. The number of hydrogen-bond acceptors (Lipinski definition) is 7. The minimum absolute atomic E-state index is 0.0545. The highest BCUT2D eigenvalue weighted by atomic mass is 19.1. The summed E-state index contributed by atoms with van der Waals surface area (Å²) in [5.74, 6) is -1.58. The third-order valence-corrected chi connectivity index (χ3v) is 6.02. The third kappa shape index (κ3) is 3.25. The van der Waals surface area contributed by atoms with Gasteiger partial charge in [0, 0.05) is 24.4 Å². The second kappa shape index (κ2) is 7.23. The van der Waals surface area contributed by atoms with E-state index in [1.807, 2.05) is 6.92 Å². The number of carbonyl (C=O) groups excluding carboxylic acids is 1. The van der Waals surface area contributed by atoms with E-state index >= 15 is 0 Å². The van der Waals surface area contributed by atoms with Crippen LogP contribution in [-0.2, 0) is 11.2 Å². The van der Waals surface area contributed by atoms with Crippen LogP contribution in [0.1, 0.15) is 42.2 Å². The molecule has 11 heteroatoms. The Bertz CT molecular complexity index is 1240. The smallest absolute Gasteiger partial charge is 0.341 e. The lowest BCUT2D eigenvalue weighted by Crippen LogP contribution is -2.41. The number of halogens is 1. The first-order valence-corrected chi connectivity index (χ1v) is 10.4. The summed E-state index contributed by atoms with van der Waals surface area (Å²) in [6.07, 6.45) is 6.55. The fourth-order valence-electron chi connectivity index (χ4n) is 4.07.